The lowest BCUT2D eigenvalue weighted by atomic mass is 9.94. The van der Waals surface area contributed by atoms with E-state index in [2.05, 4.69) is 13.8 Å². The minimum atomic E-state index is 0.215. The number of hydrogen-bond donors (Lipinski definition) is 0. The summed E-state index contributed by atoms with van der Waals surface area (Å²) in [5.74, 6) is 1.46. The van der Waals surface area contributed by atoms with Crippen LogP contribution in [0.4, 0.5) is 0 Å². The van der Waals surface area contributed by atoms with Gasteiger partial charge in [0.25, 0.3) is 0 Å². The van der Waals surface area contributed by atoms with Gasteiger partial charge in [0, 0.05) is 12.0 Å². The molecule has 0 spiro atoms. The van der Waals surface area contributed by atoms with E-state index in [4.69, 9.17) is 4.74 Å². The summed E-state index contributed by atoms with van der Waals surface area (Å²) < 4.78 is 5.11. The van der Waals surface area contributed by atoms with Crippen LogP contribution in [0.15, 0.2) is 24.3 Å². The monoisotopic (exact) mass is 220 g/mol. The molecule has 88 valence electrons. The molecule has 1 aromatic rings. The van der Waals surface area contributed by atoms with E-state index in [-0.39, 0.29) is 5.78 Å². The maximum atomic E-state index is 12.0. The van der Waals surface area contributed by atoms with Crippen molar-refractivity contribution >= 4 is 5.78 Å². The van der Waals surface area contributed by atoms with E-state index in [1.54, 1.807) is 7.11 Å². The third-order valence-electron chi connectivity index (χ3n) is 3.02. The molecule has 0 N–H and O–H groups in total. The van der Waals surface area contributed by atoms with Crippen molar-refractivity contribution in [2.45, 2.75) is 33.1 Å². The molecule has 0 radical (unpaired) electrons. The van der Waals surface area contributed by atoms with Gasteiger partial charge in [-0.25, -0.2) is 0 Å². The minimum Gasteiger partial charge on any atom is -0.497 e. The summed E-state index contributed by atoms with van der Waals surface area (Å²) in [6, 6.07) is 7.38. The van der Waals surface area contributed by atoms with E-state index < -0.39 is 0 Å². The molecular formula is C14H20O2. The van der Waals surface area contributed by atoms with Crippen molar-refractivity contribution in [3.05, 3.63) is 29.8 Å². The standard InChI is InChI=1S/C14H20O2/c1-4-11(5-2)9-14(15)12-7-6-8-13(10-12)16-3/h6-8,10-11H,4-5,9H2,1-3H3. The number of methoxy groups -OCH3 is 1. The Bertz CT molecular complexity index is 340. The zero-order valence-corrected chi connectivity index (χ0v) is 10.3. The molecule has 0 aromatic heterocycles. The summed E-state index contributed by atoms with van der Waals surface area (Å²) >= 11 is 0. The van der Waals surface area contributed by atoms with Crippen LogP contribution in [0, 0.1) is 5.92 Å². The predicted octanol–water partition coefficient (Wildman–Crippen LogP) is 3.70. The van der Waals surface area contributed by atoms with Crippen molar-refractivity contribution in [2.24, 2.45) is 5.92 Å². The van der Waals surface area contributed by atoms with Crippen LogP contribution in [-0.2, 0) is 0 Å². The number of carbonyl (C=O) groups is 1. The third kappa shape index (κ3) is 3.37. The van der Waals surface area contributed by atoms with Crippen molar-refractivity contribution in [3.8, 4) is 5.75 Å². The fourth-order valence-electron chi connectivity index (χ4n) is 1.75. The first-order chi connectivity index (χ1) is 7.71. The van der Waals surface area contributed by atoms with Crippen LogP contribution in [0.1, 0.15) is 43.5 Å². The maximum absolute atomic E-state index is 12.0. The summed E-state index contributed by atoms with van der Waals surface area (Å²) in [6.07, 6.45) is 2.76. The van der Waals surface area contributed by atoms with E-state index >= 15 is 0 Å². The summed E-state index contributed by atoms with van der Waals surface area (Å²) in [7, 11) is 1.62. The van der Waals surface area contributed by atoms with Crippen LogP contribution in [0.25, 0.3) is 0 Å². The Morgan fingerprint density at radius 2 is 2.00 bits per heavy atom. The summed E-state index contributed by atoms with van der Waals surface area (Å²) in [5.41, 5.74) is 0.756. The fourth-order valence-corrected chi connectivity index (χ4v) is 1.75. The molecule has 2 nitrogen and oxygen atoms in total. The molecule has 1 aromatic carbocycles. The van der Waals surface area contributed by atoms with Crippen LogP contribution >= 0.6 is 0 Å². The van der Waals surface area contributed by atoms with Gasteiger partial charge in [-0.05, 0) is 18.1 Å². The molecule has 0 heterocycles. The Kier molecular flexibility index (Phi) is 5.03. The SMILES string of the molecule is CCC(CC)CC(=O)c1cccc(OC)c1. The van der Waals surface area contributed by atoms with Gasteiger partial charge >= 0.3 is 0 Å². The lowest BCUT2D eigenvalue weighted by molar-refractivity contribution is 0.0958. The lowest BCUT2D eigenvalue weighted by Crippen LogP contribution is -2.07. The topological polar surface area (TPSA) is 26.3 Å². The van der Waals surface area contributed by atoms with E-state index in [0.29, 0.717) is 12.3 Å². The van der Waals surface area contributed by atoms with Crippen molar-refractivity contribution in [3.63, 3.8) is 0 Å². The zero-order chi connectivity index (χ0) is 12.0. The van der Waals surface area contributed by atoms with Crippen LogP contribution < -0.4 is 4.74 Å². The average Bonchev–Trinajstić information content (AvgIpc) is 2.35. The molecule has 0 unspecified atom stereocenters. The molecule has 0 bridgehead atoms. The second kappa shape index (κ2) is 6.31. The normalized spacial score (nSPS) is 10.5. The quantitative estimate of drug-likeness (QED) is 0.683. The number of hydrogen-bond acceptors (Lipinski definition) is 2. The second-order valence-corrected chi connectivity index (χ2v) is 4.04. The Labute approximate surface area is 97.6 Å². The van der Waals surface area contributed by atoms with Crippen molar-refractivity contribution < 1.29 is 9.53 Å². The smallest absolute Gasteiger partial charge is 0.163 e. The van der Waals surface area contributed by atoms with E-state index in [9.17, 15) is 4.79 Å². The highest BCUT2D eigenvalue weighted by molar-refractivity contribution is 5.96. The van der Waals surface area contributed by atoms with Gasteiger partial charge in [0.15, 0.2) is 5.78 Å². The van der Waals surface area contributed by atoms with Crippen molar-refractivity contribution in [2.75, 3.05) is 7.11 Å². The van der Waals surface area contributed by atoms with Crippen LogP contribution in [-0.4, -0.2) is 12.9 Å². The summed E-state index contributed by atoms with van der Waals surface area (Å²) in [6.45, 7) is 4.26. The number of Topliss-reactive ketones (excluding diaryl/α,β-unsaturated/α-hetero) is 1. The average molecular weight is 220 g/mol. The molecule has 0 aliphatic carbocycles. The van der Waals surface area contributed by atoms with Gasteiger partial charge in [0.05, 0.1) is 7.11 Å². The number of rotatable bonds is 6. The van der Waals surface area contributed by atoms with Crippen molar-refractivity contribution in [1.82, 2.24) is 0 Å². The van der Waals surface area contributed by atoms with Crippen LogP contribution in [0.5, 0.6) is 5.75 Å². The Morgan fingerprint density at radius 1 is 1.31 bits per heavy atom. The zero-order valence-electron chi connectivity index (χ0n) is 10.3. The van der Waals surface area contributed by atoms with Gasteiger partial charge in [-0.2, -0.15) is 0 Å². The third-order valence-corrected chi connectivity index (χ3v) is 3.02. The molecule has 16 heavy (non-hydrogen) atoms. The molecule has 0 aliphatic rings. The summed E-state index contributed by atoms with van der Waals surface area (Å²) in [5, 5.41) is 0. The number of benzene rings is 1. The highest BCUT2D eigenvalue weighted by Crippen LogP contribution is 2.19. The highest BCUT2D eigenvalue weighted by Gasteiger charge is 2.12. The first-order valence-electron chi connectivity index (χ1n) is 5.88. The van der Waals surface area contributed by atoms with Gasteiger partial charge in [0.1, 0.15) is 5.75 Å². The lowest BCUT2D eigenvalue weighted by Gasteiger charge is -2.11. The first-order valence-corrected chi connectivity index (χ1v) is 5.88. The number of ether oxygens (including phenoxy) is 1. The van der Waals surface area contributed by atoms with Gasteiger partial charge in [-0.3, -0.25) is 4.79 Å². The van der Waals surface area contributed by atoms with Crippen LogP contribution in [0.2, 0.25) is 0 Å². The second-order valence-electron chi connectivity index (χ2n) is 4.04. The minimum absolute atomic E-state index is 0.215. The molecule has 0 amide bonds. The Balaban J connectivity index is 2.72. The van der Waals surface area contributed by atoms with E-state index in [1.165, 1.54) is 0 Å². The molecule has 0 saturated heterocycles. The molecule has 0 aliphatic heterocycles. The van der Waals surface area contributed by atoms with E-state index in [1.807, 2.05) is 24.3 Å². The van der Waals surface area contributed by atoms with E-state index in [0.717, 1.165) is 24.2 Å². The number of carbonyl (C=O) groups excluding carboxylic acids is 1. The number of ketones is 1. The molecule has 0 atom stereocenters. The van der Waals surface area contributed by atoms with Gasteiger partial charge in [-0.15, -0.1) is 0 Å². The highest BCUT2D eigenvalue weighted by atomic mass is 16.5. The van der Waals surface area contributed by atoms with Gasteiger partial charge < -0.3 is 4.74 Å². The maximum Gasteiger partial charge on any atom is 0.163 e. The molecule has 0 saturated carbocycles. The summed E-state index contributed by atoms with van der Waals surface area (Å²) in [4.78, 5) is 12.0. The molecule has 0 fully saturated rings. The van der Waals surface area contributed by atoms with Gasteiger partial charge in [-0.1, -0.05) is 38.8 Å². The Morgan fingerprint density at radius 3 is 2.56 bits per heavy atom. The first kappa shape index (κ1) is 12.8. The molecule has 1 rings (SSSR count). The van der Waals surface area contributed by atoms with Crippen LogP contribution in [0.3, 0.4) is 0 Å². The predicted molar refractivity (Wildman–Crippen MR) is 66.0 cm³/mol. The van der Waals surface area contributed by atoms with Crippen molar-refractivity contribution in [1.29, 1.82) is 0 Å². The van der Waals surface area contributed by atoms with Gasteiger partial charge in [0.2, 0.25) is 0 Å². The largest absolute Gasteiger partial charge is 0.497 e. The Hall–Kier alpha value is -1.31. The molecule has 2 heteroatoms. The fraction of sp³-hybridized carbons (Fsp3) is 0.500. The molecular weight excluding hydrogens is 200 g/mol.